The van der Waals surface area contributed by atoms with Gasteiger partial charge in [-0.3, -0.25) is 9.89 Å². The molecule has 6 heteroatoms. The van der Waals surface area contributed by atoms with Crippen molar-refractivity contribution in [1.82, 2.24) is 15.1 Å². The van der Waals surface area contributed by atoms with Gasteiger partial charge in [-0.25, -0.2) is 0 Å². The number of aromatic nitrogens is 2. The monoisotopic (exact) mass is 286 g/mol. The lowest BCUT2D eigenvalue weighted by atomic mass is 10.0. The van der Waals surface area contributed by atoms with Gasteiger partial charge >= 0.3 is 0 Å². The van der Waals surface area contributed by atoms with Crippen molar-refractivity contribution in [3.63, 3.8) is 0 Å². The summed E-state index contributed by atoms with van der Waals surface area (Å²) >= 11 is 0. The first-order valence-electron chi connectivity index (χ1n) is 6.95. The predicted octanol–water partition coefficient (Wildman–Crippen LogP) is 1.98. The number of nitrogens with zero attached hydrogens (tertiary/aromatic N) is 2. The van der Waals surface area contributed by atoms with Crippen molar-refractivity contribution in [3.05, 3.63) is 41.6 Å². The molecular weight excluding hydrogens is 268 g/mol. The molecule has 0 spiro atoms. The fourth-order valence-electron chi connectivity index (χ4n) is 2.78. The van der Waals surface area contributed by atoms with E-state index in [0.717, 1.165) is 30.7 Å². The van der Waals surface area contributed by atoms with E-state index in [0.29, 0.717) is 11.5 Å². The van der Waals surface area contributed by atoms with E-state index < -0.39 is 0 Å². The van der Waals surface area contributed by atoms with Gasteiger partial charge in [0.05, 0.1) is 13.2 Å². The number of carbonyl (C=O) groups is 1. The highest BCUT2D eigenvalue weighted by molar-refractivity contribution is 5.93. The van der Waals surface area contributed by atoms with Crippen molar-refractivity contribution >= 4 is 11.7 Å². The fourth-order valence-corrected chi connectivity index (χ4v) is 2.78. The number of amides is 1. The van der Waals surface area contributed by atoms with Crippen LogP contribution < -0.4 is 10.5 Å². The number of rotatable bonds is 3. The fraction of sp³-hybridized carbons (Fsp3) is 0.333. The highest BCUT2D eigenvalue weighted by Gasteiger charge is 2.31. The molecule has 1 aliphatic heterocycles. The molecule has 110 valence electrons. The Morgan fingerprint density at radius 1 is 1.43 bits per heavy atom. The quantitative estimate of drug-likeness (QED) is 0.903. The van der Waals surface area contributed by atoms with Gasteiger partial charge in [-0.05, 0) is 30.5 Å². The summed E-state index contributed by atoms with van der Waals surface area (Å²) in [5, 5.41) is 6.50. The van der Waals surface area contributed by atoms with Gasteiger partial charge in [0.15, 0.2) is 0 Å². The molecule has 3 rings (SSSR count). The van der Waals surface area contributed by atoms with Crippen LogP contribution in [0.25, 0.3) is 0 Å². The van der Waals surface area contributed by atoms with Gasteiger partial charge in [0.2, 0.25) is 0 Å². The number of H-pyrrole nitrogens is 1. The zero-order valence-electron chi connectivity index (χ0n) is 11.9. The smallest absolute Gasteiger partial charge is 0.272 e. The van der Waals surface area contributed by atoms with Gasteiger partial charge in [0.25, 0.3) is 5.91 Å². The number of hydrogen-bond donors (Lipinski definition) is 2. The number of ether oxygens (including phenoxy) is 1. The molecule has 0 aliphatic carbocycles. The van der Waals surface area contributed by atoms with Crippen LogP contribution in [-0.4, -0.2) is 34.7 Å². The van der Waals surface area contributed by atoms with Crippen molar-refractivity contribution in [2.45, 2.75) is 18.9 Å². The largest absolute Gasteiger partial charge is 0.497 e. The maximum Gasteiger partial charge on any atom is 0.272 e. The van der Waals surface area contributed by atoms with Crippen molar-refractivity contribution in [2.24, 2.45) is 0 Å². The predicted molar refractivity (Wildman–Crippen MR) is 79.0 cm³/mol. The van der Waals surface area contributed by atoms with E-state index in [-0.39, 0.29) is 11.9 Å². The van der Waals surface area contributed by atoms with Crippen LogP contribution in [0.3, 0.4) is 0 Å². The second-order valence-corrected chi connectivity index (χ2v) is 5.14. The van der Waals surface area contributed by atoms with Crippen LogP contribution in [0.1, 0.15) is 34.9 Å². The summed E-state index contributed by atoms with van der Waals surface area (Å²) in [5.74, 6) is 1.09. The molecule has 0 radical (unpaired) electrons. The highest BCUT2D eigenvalue weighted by atomic mass is 16.5. The summed E-state index contributed by atoms with van der Waals surface area (Å²) in [6.07, 6.45) is 1.95. The van der Waals surface area contributed by atoms with Crippen LogP contribution in [-0.2, 0) is 0 Å². The first-order valence-corrected chi connectivity index (χ1v) is 6.95. The topological polar surface area (TPSA) is 84.2 Å². The van der Waals surface area contributed by atoms with E-state index in [4.69, 9.17) is 10.5 Å². The van der Waals surface area contributed by atoms with Crippen LogP contribution in [0, 0.1) is 0 Å². The Hall–Kier alpha value is -2.50. The lowest BCUT2D eigenvalue weighted by Crippen LogP contribution is -2.30. The number of aromatic amines is 1. The van der Waals surface area contributed by atoms with Gasteiger partial charge < -0.3 is 15.4 Å². The molecule has 1 aromatic carbocycles. The van der Waals surface area contributed by atoms with E-state index in [2.05, 4.69) is 10.2 Å². The van der Waals surface area contributed by atoms with Crippen molar-refractivity contribution in [2.75, 3.05) is 19.4 Å². The Morgan fingerprint density at radius 2 is 2.19 bits per heavy atom. The van der Waals surface area contributed by atoms with Crippen LogP contribution in [0.15, 0.2) is 30.3 Å². The molecule has 21 heavy (non-hydrogen) atoms. The molecule has 6 nitrogen and oxygen atoms in total. The molecular formula is C15H18N4O2. The standard InChI is InChI=1S/C15H18N4O2/c1-21-11-6-4-10(5-7-11)13-3-2-8-19(13)15(20)12-9-14(16)18-17-12/h4-7,9,13H,2-3,8H2,1H3,(H3,16,17,18). The third-order valence-electron chi connectivity index (χ3n) is 3.84. The van der Waals surface area contributed by atoms with Crippen LogP contribution >= 0.6 is 0 Å². The molecule has 1 unspecified atom stereocenters. The molecule has 0 saturated carbocycles. The zero-order valence-corrected chi connectivity index (χ0v) is 11.9. The Kier molecular flexibility index (Phi) is 3.51. The Morgan fingerprint density at radius 3 is 2.81 bits per heavy atom. The number of methoxy groups -OCH3 is 1. The summed E-state index contributed by atoms with van der Waals surface area (Å²) in [6, 6.07) is 9.53. The molecule has 1 fully saturated rings. The van der Waals surface area contributed by atoms with E-state index >= 15 is 0 Å². The van der Waals surface area contributed by atoms with Crippen molar-refractivity contribution in [1.29, 1.82) is 0 Å². The first-order chi connectivity index (χ1) is 10.2. The summed E-state index contributed by atoms with van der Waals surface area (Å²) in [5.41, 5.74) is 7.12. The van der Waals surface area contributed by atoms with Crippen molar-refractivity contribution in [3.8, 4) is 5.75 Å². The minimum absolute atomic E-state index is 0.0579. The van der Waals surface area contributed by atoms with E-state index in [1.165, 1.54) is 0 Å². The van der Waals surface area contributed by atoms with Crippen LogP contribution in [0.2, 0.25) is 0 Å². The van der Waals surface area contributed by atoms with Gasteiger partial charge in [0, 0.05) is 12.6 Å². The second kappa shape index (κ2) is 5.47. The van der Waals surface area contributed by atoms with Crippen molar-refractivity contribution < 1.29 is 9.53 Å². The molecule has 2 aromatic rings. The Balaban J connectivity index is 1.83. The van der Waals surface area contributed by atoms with Crippen LogP contribution in [0.4, 0.5) is 5.82 Å². The van der Waals surface area contributed by atoms with E-state index in [1.54, 1.807) is 13.2 Å². The first kappa shape index (κ1) is 13.5. The average Bonchev–Trinajstić information content (AvgIpc) is 3.15. The lowest BCUT2D eigenvalue weighted by Gasteiger charge is -2.24. The summed E-state index contributed by atoms with van der Waals surface area (Å²) < 4.78 is 5.17. The minimum atomic E-state index is -0.0579. The number of nitrogens with one attached hydrogen (secondary N) is 1. The number of anilines is 1. The van der Waals surface area contributed by atoms with E-state index in [1.807, 2.05) is 29.2 Å². The SMILES string of the molecule is COc1ccc(C2CCCN2C(=O)c2cc(N)n[nH]2)cc1. The van der Waals surface area contributed by atoms with Gasteiger partial charge in [-0.15, -0.1) is 0 Å². The number of hydrogen-bond acceptors (Lipinski definition) is 4. The second-order valence-electron chi connectivity index (χ2n) is 5.14. The molecule has 1 atom stereocenters. The maximum atomic E-state index is 12.5. The summed E-state index contributed by atoms with van der Waals surface area (Å²) in [7, 11) is 1.64. The Labute approximate surface area is 122 Å². The van der Waals surface area contributed by atoms with Gasteiger partial charge in [-0.2, -0.15) is 5.10 Å². The third kappa shape index (κ3) is 2.56. The van der Waals surface area contributed by atoms with E-state index in [9.17, 15) is 4.79 Å². The lowest BCUT2D eigenvalue weighted by molar-refractivity contribution is 0.0729. The third-order valence-corrected chi connectivity index (χ3v) is 3.84. The molecule has 1 amide bonds. The molecule has 1 saturated heterocycles. The van der Waals surface area contributed by atoms with Crippen LogP contribution in [0.5, 0.6) is 5.75 Å². The number of benzene rings is 1. The molecule has 1 aliphatic rings. The maximum absolute atomic E-state index is 12.5. The number of nitrogens with two attached hydrogens (primary N) is 1. The normalized spacial score (nSPS) is 18.0. The number of carbonyl (C=O) groups excluding carboxylic acids is 1. The average molecular weight is 286 g/mol. The van der Waals surface area contributed by atoms with Gasteiger partial charge in [0.1, 0.15) is 17.3 Å². The Bertz CT molecular complexity index is 635. The minimum Gasteiger partial charge on any atom is -0.497 e. The number of nitrogen functional groups attached to an aromatic ring is 1. The summed E-state index contributed by atoms with van der Waals surface area (Å²) in [4.78, 5) is 14.4. The summed E-state index contributed by atoms with van der Waals surface area (Å²) in [6.45, 7) is 0.744. The number of likely N-dealkylation sites (tertiary alicyclic amines) is 1. The molecule has 0 bridgehead atoms. The molecule has 1 aromatic heterocycles. The molecule has 2 heterocycles. The highest BCUT2D eigenvalue weighted by Crippen LogP contribution is 2.33. The molecule has 3 N–H and O–H groups in total. The zero-order chi connectivity index (χ0) is 14.8. The van der Waals surface area contributed by atoms with Gasteiger partial charge in [-0.1, -0.05) is 12.1 Å².